The maximum atomic E-state index is 13.2. The van der Waals surface area contributed by atoms with Crippen LogP contribution in [0.2, 0.25) is 0 Å². The van der Waals surface area contributed by atoms with Gasteiger partial charge in [0.25, 0.3) is 0 Å². The van der Waals surface area contributed by atoms with Crippen molar-refractivity contribution in [1.29, 1.82) is 0 Å². The number of anilines is 1. The summed E-state index contributed by atoms with van der Waals surface area (Å²) >= 11 is 3.30. The van der Waals surface area contributed by atoms with E-state index in [0.29, 0.717) is 19.4 Å². The fourth-order valence-corrected chi connectivity index (χ4v) is 1.45. The van der Waals surface area contributed by atoms with Crippen LogP contribution in [0.25, 0.3) is 0 Å². The van der Waals surface area contributed by atoms with Crippen molar-refractivity contribution in [3.63, 3.8) is 0 Å². The van der Waals surface area contributed by atoms with Gasteiger partial charge >= 0.3 is 0 Å². The van der Waals surface area contributed by atoms with Crippen molar-refractivity contribution >= 4 is 21.6 Å². The second-order valence-corrected chi connectivity index (χ2v) is 4.31. The molecule has 0 aliphatic heterocycles. The van der Waals surface area contributed by atoms with Crippen LogP contribution in [0.4, 0.5) is 10.1 Å². The minimum atomic E-state index is -0.956. The molecule has 2 rings (SSSR count). The lowest BCUT2D eigenvalue weighted by molar-refractivity contribution is 0.326. The molecule has 1 N–H and O–H groups in total. The first kappa shape index (κ1) is 8.94. The third-order valence-electron chi connectivity index (χ3n) is 2.11. The highest BCUT2D eigenvalue weighted by molar-refractivity contribution is 9.10. The summed E-state index contributed by atoms with van der Waals surface area (Å²) < 4.78 is 14.1. The number of hydrogen-bond donors (Lipinski definition) is 1. The third-order valence-corrected chi connectivity index (χ3v) is 2.54. The summed E-state index contributed by atoms with van der Waals surface area (Å²) in [5.74, 6) is 0. The molecule has 13 heavy (non-hydrogen) atoms. The number of nitrogens with one attached hydrogen (secondary N) is 1. The topological polar surface area (TPSA) is 24.9 Å². The van der Waals surface area contributed by atoms with Crippen LogP contribution in [0.1, 0.15) is 12.8 Å². The predicted octanol–water partition coefficient (Wildman–Crippen LogP) is 2.76. The standard InChI is InChI=1S/C9H10BrFN2/c10-7-3-8(5-12-4-7)13-6-9(11)1-2-9/h3-5,13H,1-2,6H2. The average molecular weight is 245 g/mol. The van der Waals surface area contributed by atoms with Gasteiger partial charge in [-0.1, -0.05) is 0 Å². The SMILES string of the molecule is FC1(CNc2cncc(Br)c2)CC1. The first-order valence-electron chi connectivity index (χ1n) is 4.21. The maximum Gasteiger partial charge on any atom is 0.128 e. The maximum absolute atomic E-state index is 13.2. The Morgan fingerprint density at radius 3 is 2.92 bits per heavy atom. The number of nitrogens with zero attached hydrogens (tertiary/aromatic N) is 1. The monoisotopic (exact) mass is 244 g/mol. The van der Waals surface area contributed by atoms with Gasteiger partial charge in [-0.05, 0) is 34.8 Å². The summed E-state index contributed by atoms with van der Waals surface area (Å²) in [5, 5.41) is 3.02. The Morgan fingerprint density at radius 1 is 1.54 bits per heavy atom. The zero-order valence-corrected chi connectivity index (χ0v) is 8.64. The van der Waals surface area contributed by atoms with Crippen molar-refractivity contribution < 1.29 is 4.39 Å². The fraction of sp³-hybridized carbons (Fsp3) is 0.444. The molecule has 1 aliphatic carbocycles. The molecule has 0 aromatic carbocycles. The van der Waals surface area contributed by atoms with E-state index in [9.17, 15) is 4.39 Å². The molecule has 2 nitrogen and oxygen atoms in total. The number of halogens is 2. The molecular formula is C9H10BrFN2. The average Bonchev–Trinajstić information content (AvgIpc) is 2.82. The highest BCUT2D eigenvalue weighted by atomic mass is 79.9. The van der Waals surface area contributed by atoms with Gasteiger partial charge < -0.3 is 5.32 Å². The van der Waals surface area contributed by atoms with Crippen molar-refractivity contribution in [3.05, 3.63) is 22.9 Å². The van der Waals surface area contributed by atoms with Crippen LogP contribution in [0.15, 0.2) is 22.9 Å². The second kappa shape index (κ2) is 3.25. The zero-order valence-electron chi connectivity index (χ0n) is 7.06. The Morgan fingerprint density at radius 2 is 2.31 bits per heavy atom. The van der Waals surface area contributed by atoms with Gasteiger partial charge in [0.15, 0.2) is 0 Å². The lowest BCUT2D eigenvalue weighted by Crippen LogP contribution is -2.15. The summed E-state index contributed by atoms with van der Waals surface area (Å²) in [4.78, 5) is 3.97. The Labute approximate surface area is 84.7 Å². The highest BCUT2D eigenvalue weighted by Gasteiger charge is 2.42. The number of aromatic nitrogens is 1. The van der Waals surface area contributed by atoms with Crippen LogP contribution in [0.3, 0.4) is 0 Å². The molecule has 1 aromatic heterocycles. The molecule has 1 aromatic rings. The molecule has 0 spiro atoms. The van der Waals surface area contributed by atoms with E-state index in [1.54, 1.807) is 12.4 Å². The smallest absolute Gasteiger partial charge is 0.128 e. The van der Waals surface area contributed by atoms with Crippen LogP contribution in [0.5, 0.6) is 0 Å². The lowest BCUT2D eigenvalue weighted by Gasteiger charge is -2.08. The molecule has 4 heteroatoms. The van der Waals surface area contributed by atoms with Gasteiger partial charge in [0.2, 0.25) is 0 Å². The normalized spacial score (nSPS) is 18.3. The minimum Gasteiger partial charge on any atom is -0.381 e. The summed E-state index contributed by atoms with van der Waals surface area (Å²) in [6.07, 6.45) is 4.76. The molecule has 1 heterocycles. The van der Waals surface area contributed by atoms with Crippen molar-refractivity contribution in [3.8, 4) is 0 Å². The summed E-state index contributed by atoms with van der Waals surface area (Å²) in [5.41, 5.74) is -0.0965. The van der Waals surface area contributed by atoms with Gasteiger partial charge in [-0.15, -0.1) is 0 Å². The van der Waals surface area contributed by atoms with Gasteiger partial charge in [0.1, 0.15) is 5.67 Å². The Kier molecular flexibility index (Phi) is 2.24. The zero-order chi connectivity index (χ0) is 9.31. The van der Waals surface area contributed by atoms with Gasteiger partial charge in [-0.3, -0.25) is 4.98 Å². The molecule has 0 unspecified atom stereocenters. The molecule has 70 valence electrons. The molecule has 0 radical (unpaired) electrons. The van der Waals surface area contributed by atoms with Crippen molar-refractivity contribution in [2.45, 2.75) is 18.5 Å². The first-order chi connectivity index (χ1) is 6.18. The Bertz CT molecular complexity index is 312. The summed E-state index contributed by atoms with van der Waals surface area (Å²) in [6, 6.07) is 1.89. The highest BCUT2D eigenvalue weighted by Crippen LogP contribution is 2.39. The predicted molar refractivity (Wildman–Crippen MR) is 53.5 cm³/mol. The second-order valence-electron chi connectivity index (χ2n) is 3.40. The molecule has 0 amide bonds. The lowest BCUT2D eigenvalue weighted by atomic mass is 10.3. The number of rotatable bonds is 3. The van der Waals surface area contributed by atoms with E-state index < -0.39 is 5.67 Å². The molecular weight excluding hydrogens is 235 g/mol. The van der Waals surface area contributed by atoms with Crippen LogP contribution in [-0.4, -0.2) is 17.2 Å². The van der Waals surface area contributed by atoms with E-state index in [1.807, 2.05) is 6.07 Å². The van der Waals surface area contributed by atoms with Crippen LogP contribution in [0, 0.1) is 0 Å². The van der Waals surface area contributed by atoms with Gasteiger partial charge in [-0.25, -0.2) is 4.39 Å². The number of alkyl halides is 1. The molecule has 0 atom stereocenters. The molecule has 0 bridgehead atoms. The van der Waals surface area contributed by atoms with E-state index in [4.69, 9.17) is 0 Å². The van der Waals surface area contributed by atoms with Crippen LogP contribution < -0.4 is 5.32 Å². The summed E-state index contributed by atoms with van der Waals surface area (Å²) in [7, 11) is 0. The quantitative estimate of drug-likeness (QED) is 0.885. The van der Waals surface area contributed by atoms with Gasteiger partial charge in [0.05, 0.1) is 11.9 Å². The molecule has 1 saturated carbocycles. The van der Waals surface area contributed by atoms with Crippen LogP contribution in [-0.2, 0) is 0 Å². The van der Waals surface area contributed by atoms with Crippen LogP contribution >= 0.6 is 15.9 Å². The number of hydrogen-bond acceptors (Lipinski definition) is 2. The molecule has 1 aliphatic rings. The first-order valence-corrected chi connectivity index (χ1v) is 5.01. The van der Waals surface area contributed by atoms with Crippen molar-refractivity contribution in [1.82, 2.24) is 4.98 Å². The van der Waals surface area contributed by atoms with E-state index in [2.05, 4.69) is 26.2 Å². The summed E-state index contributed by atoms with van der Waals surface area (Å²) in [6.45, 7) is 0.394. The Hall–Kier alpha value is -0.640. The molecule has 1 fully saturated rings. The van der Waals surface area contributed by atoms with E-state index >= 15 is 0 Å². The minimum absolute atomic E-state index is 0.394. The molecule has 0 saturated heterocycles. The van der Waals surface area contributed by atoms with Crippen molar-refractivity contribution in [2.75, 3.05) is 11.9 Å². The third kappa shape index (κ3) is 2.40. The van der Waals surface area contributed by atoms with E-state index in [0.717, 1.165) is 10.2 Å². The largest absolute Gasteiger partial charge is 0.381 e. The van der Waals surface area contributed by atoms with Gasteiger partial charge in [0, 0.05) is 17.2 Å². The fourth-order valence-electron chi connectivity index (χ4n) is 1.08. The van der Waals surface area contributed by atoms with E-state index in [1.165, 1.54) is 0 Å². The number of pyridine rings is 1. The van der Waals surface area contributed by atoms with E-state index in [-0.39, 0.29) is 0 Å². The Balaban J connectivity index is 1.94. The van der Waals surface area contributed by atoms with Crippen molar-refractivity contribution in [2.24, 2.45) is 0 Å². The van der Waals surface area contributed by atoms with Gasteiger partial charge in [-0.2, -0.15) is 0 Å².